The van der Waals surface area contributed by atoms with Gasteiger partial charge in [-0.2, -0.15) is 0 Å². The molecule has 0 spiro atoms. The molecule has 1 rings (SSSR count). The second-order valence-electron chi connectivity index (χ2n) is 5.60. The number of ether oxygens (including phenoxy) is 1. The van der Waals surface area contributed by atoms with Crippen LogP contribution in [0.5, 0.6) is 0 Å². The van der Waals surface area contributed by atoms with Gasteiger partial charge < -0.3 is 10.1 Å². The zero-order valence-electron chi connectivity index (χ0n) is 13.9. The zero-order chi connectivity index (χ0) is 15.8. The predicted molar refractivity (Wildman–Crippen MR) is 87.7 cm³/mol. The molecule has 21 heavy (non-hydrogen) atoms. The van der Waals surface area contributed by atoms with Crippen LogP contribution in [0.4, 0.5) is 5.69 Å². The van der Waals surface area contributed by atoms with E-state index in [2.05, 4.69) is 17.1 Å². The van der Waals surface area contributed by atoms with E-state index in [1.165, 1.54) is 0 Å². The maximum atomic E-state index is 12.2. The molecule has 1 amide bonds. The fourth-order valence-corrected chi connectivity index (χ4v) is 2.16. The average molecular weight is 292 g/mol. The third-order valence-corrected chi connectivity index (χ3v) is 3.42. The van der Waals surface area contributed by atoms with Crippen molar-refractivity contribution in [2.75, 3.05) is 31.6 Å². The quantitative estimate of drug-likeness (QED) is 0.801. The number of amides is 1. The largest absolute Gasteiger partial charge is 0.377 e. The van der Waals surface area contributed by atoms with Crippen molar-refractivity contribution in [3.05, 3.63) is 29.3 Å². The van der Waals surface area contributed by atoms with Gasteiger partial charge in [-0.3, -0.25) is 9.69 Å². The summed E-state index contributed by atoms with van der Waals surface area (Å²) in [4.78, 5) is 14.3. The third-order valence-electron chi connectivity index (χ3n) is 3.42. The predicted octanol–water partition coefficient (Wildman–Crippen LogP) is 2.99. The monoisotopic (exact) mass is 292 g/mol. The Hall–Kier alpha value is -1.39. The van der Waals surface area contributed by atoms with Crippen LogP contribution in [0.1, 0.15) is 31.9 Å². The molecule has 0 radical (unpaired) electrons. The van der Waals surface area contributed by atoms with E-state index in [1.54, 1.807) is 0 Å². The lowest BCUT2D eigenvalue weighted by Gasteiger charge is -2.21. The summed E-state index contributed by atoms with van der Waals surface area (Å²) < 4.78 is 5.54. The van der Waals surface area contributed by atoms with Gasteiger partial charge in [0.2, 0.25) is 5.91 Å². The number of rotatable bonds is 8. The van der Waals surface area contributed by atoms with Crippen molar-refractivity contribution in [1.82, 2.24) is 4.90 Å². The van der Waals surface area contributed by atoms with Crippen molar-refractivity contribution in [3.63, 3.8) is 0 Å². The van der Waals surface area contributed by atoms with Gasteiger partial charge in [0, 0.05) is 12.2 Å². The number of hydrogen-bond donors (Lipinski definition) is 1. The van der Waals surface area contributed by atoms with Gasteiger partial charge in [-0.1, -0.05) is 25.1 Å². The standard InChI is InChI=1S/C17H28N2O2/c1-6-19(10-11-21-13(2)3)12-16(20)18-17-14(4)8-7-9-15(17)5/h7-9,13H,6,10-12H2,1-5H3,(H,18,20). The van der Waals surface area contributed by atoms with Crippen LogP contribution < -0.4 is 5.32 Å². The van der Waals surface area contributed by atoms with Crippen LogP contribution in [0.15, 0.2) is 18.2 Å². The maximum absolute atomic E-state index is 12.2. The van der Waals surface area contributed by atoms with Crippen LogP contribution in [0.25, 0.3) is 0 Å². The highest BCUT2D eigenvalue weighted by Gasteiger charge is 2.11. The number of likely N-dealkylation sites (N-methyl/N-ethyl adjacent to an activating group) is 1. The molecule has 0 saturated heterocycles. The molecular weight excluding hydrogens is 264 g/mol. The van der Waals surface area contributed by atoms with Gasteiger partial charge in [0.25, 0.3) is 0 Å². The van der Waals surface area contributed by atoms with Crippen molar-refractivity contribution in [3.8, 4) is 0 Å². The Balaban J connectivity index is 2.51. The Kier molecular flexibility index (Phi) is 7.40. The Morgan fingerprint density at radius 3 is 2.43 bits per heavy atom. The minimum absolute atomic E-state index is 0.0267. The second-order valence-corrected chi connectivity index (χ2v) is 5.60. The normalized spacial score (nSPS) is 11.2. The molecule has 0 saturated carbocycles. The van der Waals surface area contributed by atoms with E-state index in [0.29, 0.717) is 13.2 Å². The Bertz CT molecular complexity index is 438. The smallest absolute Gasteiger partial charge is 0.238 e. The molecule has 1 N–H and O–H groups in total. The Morgan fingerprint density at radius 2 is 1.90 bits per heavy atom. The molecule has 0 fully saturated rings. The molecule has 0 aliphatic heterocycles. The lowest BCUT2D eigenvalue weighted by atomic mass is 10.1. The number of para-hydroxylation sites is 1. The van der Waals surface area contributed by atoms with Gasteiger partial charge in [-0.05, 0) is 45.4 Å². The summed E-state index contributed by atoms with van der Waals surface area (Å²) in [6.07, 6.45) is 0.229. The van der Waals surface area contributed by atoms with Crippen LogP contribution in [0, 0.1) is 13.8 Å². The molecule has 0 heterocycles. The number of hydrogen-bond acceptors (Lipinski definition) is 3. The van der Waals surface area contributed by atoms with Gasteiger partial charge in [0.15, 0.2) is 0 Å². The first-order valence-electron chi connectivity index (χ1n) is 7.64. The second kappa shape index (κ2) is 8.80. The lowest BCUT2D eigenvalue weighted by Crippen LogP contribution is -2.36. The number of anilines is 1. The fourth-order valence-electron chi connectivity index (χ4n) is 2.16. The minimum Gasteiger partial charge on any atom is -0.377 e. The molecule has 1 aromatic rings. The van der Waals surface area contributed by atoms with E-state index >= 15 is 0 Å². The molecule has 0 unspecified atom stereocenters. The molecule has 0 aliphatic rings. The zero-order valence-corrected chi connectivity index (χ0v) is 13.9. The van der Waals surface area contributed by atoms with Gasteiger partial charge in [-0.15, -0.1) is 0 Å². The maximum Gasteiger partial charge on any atom is 0.238 e. The Labute approximate surface area is 128 Å². The van der Waals surface area contributed by atoms with E-state index in [0.717, 1.165) is 29.9 Å². The molecule has 4 nitrogen and oxygen atoms in total. The van der Waals surface area contributed by atoms with E-state index in [-0.39, 0.29) is 12.0 Å². The molecule has 4 heteroatoms. The van der Waals surface area contributed by atoms with Gasteiger partial charge >= 0.3 is 0 Å². The first-order chi connectivity index (χ1) is 9.93. The summed E-state index contributed by atoms with van der Waals surface area (Å²) in [5.74, 6) is 0.0267. The van der Waals surface area contributed by atoms with Crippen molar-refractivity contribution in [2.24, 2.45) is 0 Å². The van der Waals surface area contributed by atoms with Crippen LogP contribution >= 0.6 is 0 Å². The molecular formula is C17H28N2O2. The SMILES string of the molecule is CCN(CCOC(C)C)CC(=O)Nc1c(C)cccc1C. The molecule has 0 atom stereocenters. The summed E-state index contributed by atoms with van der Waals surface area (Å²) in [6, 6.07) is 6.02. The Morgan fingerprint density at radius 1 is 1.29 bits per heavy atom. The molecule has 0 aromatic heterocycles. The van der Waals surface area contributed by atoms with Gasteiger partial charge in [0.05, 0.1) is 19.3 Å². The number of carbonyl (C=O) groups excluding carboxylic acids is 1. The van der Waals surface area contributed by atoms with E-state index in [1.807, 2.05) is 45.9 Å². The van der Waals surface area contributed by atoms with E-state index < -0.39 is 0 Å². The lowest BCUT2D eigenvalue weighted by molar-refractivity contribution is -0.117. The van der Waals surface area contributed by atoms with Gasteiger partial charge in [0.1, 0.15) is 0 Å². The first kappa shape index (κ1) is 17.7. The number of nitrogens with one attached hydrogen (secondary N) is 1. The number of benzene rings is 1. The van der Waals surface area contributed by atoms with Crippen LogP contribution in [0.3, 0.4) is 0 Å². The number of carbonyl (C=O) groups is 1. The average Bonchev–Trinajstić information content (AvgIpc) is 2.41. The van der Waals surface area contributed by atoms with Crippen LogP contribution in [0.2, 0.25) is 0 Å². The van der Waals surface area contributed by atoms with Crippen molar-refractivity contribution < 1.29 is 9.53 Å². The topological polar surface area (TPSA) is 41.6 Å². The highest BCUT2D eigenvalue weighted by Crippen LogP contribution is 2.19. The molecule has 0 aliphatic carbocycles. The van der Waals surface area contributed by atoms with E-state index in [9.17, 15) is 4.79 Å². The summed E-state index contributed by atoms with van der Waals surface area (Å²) in [6.45, 7) is 12.8. The number of nitrogens with zero attached hydrogens (tertiary/aromatic N) is 1. The minimum atomic E-state index is 0.0267. The molecule has 1 aromatic carbocycles. The van der Waals surface area contributed by atoms with Crippen molar-refractivity contribution in [1.29, 1.82) is 0 Å². The summed E-state index contributed by atoms with van der Waals surface area (Å²) in [7, 11) is 0. The van der Waals surface area contributed by atoms with Crippen molar-refractivity contribution >= 4 is 11.6 Å². The summed E-state index contributed by atoms with van der Waals surface area (Å²) >= 11 is 0. The number of aryl methyl sites for hydroxylation is 2. The summed E-state index contributed by atoms with van der Waals surface area (Å²) in [5.41, 5.74) is 3.11. The molecule has 118 valence electrons. The molecule has 0 bridgehead atoms. The highest BCUT2D eigenvalue weighted by molar-refractivity contribution is 5.93. The van der Waals surface area contributed by atoms with Crippen LogP contribution in [-0.2, 0) is 9.53 Å². The first-order valence-corrected chi connectivity index (χ1v) is 7.64. The fraction of sp³-hybridized carbons (Fsp3) is 0.588. The summed E-state index contributed by atoms with van der Waals surface area (Å²) in [5, 5.41) is 3.02. The van der Waals surface area contributed by atoms with Crippen LogP contribution in [-0.4, -0.2) is 43.2 Å². The van der Waals surface area contributed by atoms with Gasteiger partial charge in [-0.25, -0.2) is 0 Å². The highest BCUT2D eigenvalue weighted by atomic mass is 16.5. The van der Waals surface area contributed by atoms with E-state index in [4.69, 9.17) is 4.74 Å². The van der Waals surface area contributed by atoms with Crippen molar-refractivity contribution in [2.45, 2.75) is 40.7 Å². The third kappa shape index (κ3) is 6.27.